The number of anilines is 1. The molecule has 8 rings (SSSR count). The molecule has 0 bridgehead atoms. The first-order valence-corrected chi connectivity index (χ1v) is 31.7. The standard InChI is InChI=1S/C16H24N2O10.2C16H21O9.C15H20O11.2K.2Na.2H2O/c1-2-3-11(20)25-7-4-8(18-24)15(9(5-7)28-17)27-16-14(23)13(22)12(21)10(6-19)26-16;2*1-2-3-12(19)23-8-4-5-10(9(18)6-8)24-16-15(22)14(21)13(20)11(7-17)25-16;16-2-1-10(20)24-6-3-7(18)14(8(19)4-6)26-15-13(23)12(22)11(21)9(5-17)25-15;;;;;;/h4-5,10,12-14,16,18-19,21-24H,2-3,6,17H2,1H3;2*4,6,11,13-18,20-22H,2-3,7H2,1H3;3-4,9,11-13,15-19,21-23H,1-2,5H2;;;;;2*1H2/q;2*-1;;4*+1;;/p-4. The molecule has 4 fully saturated rings. The molecule has 0 aliphatic carbocycles. The fraction of sp³-hybridized carbons (Fsp3) is 0.556. The van der Waals surface area contributed by atoms with Gasteiger partial charge in [-0.05, 0) is 30.8 Å². The average molecular weight is 1650 g/mol. The Bertz CT molecular complexity index is 3220. The van der Waals surface area contributed by atoms with E-state index in [1.54, 1.807) is 6.92 Å². The summed E-state index contributed by atoms with van der Waals surface area (Å²) >= 11 is 0. The molecule has 110 heavy (non-hydrogen) atoms. The first-order valence-electron chi connectivity index (χ1n) is 31.7. The molecule has 0 saturated carbocycles. The van der Waals surface area contributed by atoms with Crippen LogP contribution in [0.1, 0.15) is 65.7 Å². The second-order valence-corrected chi connectivity index (χ2v) is 22.8. The molecule has 20 unspecified atom stereocenters. The number of phenolic OH excluding ortho intramolecular Hbond substituents is 2. The number of hydrogen-bond acceptors (Lipinski definition) is 43. The monoisotopic (exact) mass is 1650 g/mol. The zero-order valence-electron chi connectivity index (χ0n) is 60.3. The third-order valence-corrected chi connectivity index (χ3v) is 14.9. The summed E-state index contributed by atoms with van der Waals surface area (Å²) in [6, 6.07) is 13.7. The van der Waals surface area contributed by atoms with Gasteiger partial charge in [0.15, 0.2) is 23.0 Å². The van der Waals surface area contributed by atoms with Gasteiger partial charge in [0.25, 0.3) is 11.9 Å². The Balaban J connectivity index is 0. The van der Waals surface area contributed by atoms with Crippen molar-refractivity contribution >= 4 is 29.6 Å². The molecule has 25 N–H and O–H groups in total. The molecule has 0 spiro atoms. The van der Waals surface area contributed by atoms with E-state index in [9.17, 15) is 111 Å². The number of ether oxygens (including phenoxy) is 12. The van der Waals surface area contributed by atoms with Gasteiger partial charge in [-0.15, -0.1) is 36.4 Å². The molecule has 47 heteroatoms. The predicted octanol–water partition coefficient (Wildman–Crippen LogP) is -19.3. The first kappa shape index (κ1) is 109. The Morgan fingerprint density at radius 2 is 0.727 bits per heavy atom. The van der Waals surface area contributed by atoms with E-state index in [1.807, 2.05) is 19.3 Å². The summed E-state index contributed by atoms with van der Waals surface area (Å²) in [6.07, 6.45) is -28.4. The molecule has 4 heterocycles. The zero-order valence-corrected chi connectivity index (χ0v) is 70.6. The number of rotatable bonds is 26. The molecule has 4 aliphatic rings. The topological polar surface area (TPSA) is 737 Å². The number of hydrogen-bond donors (Lipinski definition) is 22. The first-order chi connectivity index (χ1) is 49.4. The number of aliphatic hydroxyl groups is 17. The van der Waals surface area contributed by atoms with Crippen molar-refractivity contribution < 1.29 is 366 Å². The largest absolute Gasteiger partial charge is 1.00 e. The van der Waals surface area contributed by atoms with Gasteiger partial charge in [-0.25, -0.2) is 0 Å². The molecular weight excluding hydrogens is 1560 g/mol. The summed E-state index contributed by atoms with van der Waals surface area (Å²) in [5.74, 6) is -1.66. The van der Waals surface area contributed by atoms with E-state index in [4.69, 9.17) is 83.2 Å². The Morgan fingerprint density at radius 3 is 1.01 bits per heavy atom. The van der Waals surface area contributed by atoms with E-state index in [0.29, 0.717) is 19.3 Å². The van der Waals surface area contributed by atoms with Crippen LogP contribution in [0.15, 0.2) is 48.5 Å². The van der Waals surface area contributed by atoms with E-state index in [0.717, 1.165) is 24.3 Å². The van der Waals surface area contributed by atoms with Crippen LogP contribution in [0.3, 0.4) is 0 Å². The van der Waals surface area contributed by atoms with Gasteiger partial charge in [0.1, 0.15) is 115 Å². The Labute approximate surface area is 755 Å². The summed E-state index contributed by atoms with van der Waals surface area (Å²) in [5.41, 5.74) is 1.66. The number of carbonyl (C=O) groups is 4. The molecule has 4 aliphatic heterocycles. The van der Waals surface area contributed by atoms with Crippen molar-refractivity contribution in [2.45, 2.75) is 189 Å². The molecular formula is C63H86K2N2Na2O41-2. The summed E-state index contributed by atoms with van der Waals surface area (Å²) in [5, 5.41) is 216. The number of aromatic hydroxyl groups is 2. The van der Waals surface area contributed by atoms with Gasteiger partial charge >= 0.3 is 174 Å². The predicted molar refractivity (Wildman–Crippen MR) is 336 cm³/mol. The van der Waals surface area contributed by atoms with E-state index >= 15 is 0 Å². The van der Waals surface area contributed by atoms with Crippen LogP contribution in [0.2, 0.25) is 0 Å². The van der Waals surface area contributed by atoms with Gasteiger partial charge < -0.3 is 180 Å². The minimum Gasteiger partial charge on any atom is -0.926 e. The SMILES string of the molecule is CCCC(=O)Oc1c[c-]c(OC2OC(CO)C(O)C(O)C2O)c([O-])c1.CCCC(=O)Oc1c[c-]c(OC2OC(CO)C(O)C(O)C2O)c([O-])c1.CCCC(=O)Oc1cc(NO)c(OC2OC(CO)C(O)C(O)C2O)c(ON)c1.O=C(CCO)Oc1cc(O)c(OC2OC(CO)C(O)C(O)C2O)c(O)c1.[K+].[K+].[Na+].[Na+].[OH-].[OH-]. The van der Waals surface area contributed by atoms with Crippen molar-refractivity contribution in [2.75, 3.05) is 38.5 Å². The second-order valence-electron chi connectivity index (χ2n) is 22.8. The fourth-order valence-electron chi connectivity index (χ4n) is 9.43. The van der Waals surface area contributed by atoms with Gasteiger partial charge in [0.05, 0.1) is 39.5 Å². The Kier molecular flexibility index (Phi) is 53.7. The van der Waals surface area contributed by atoms with E-state index < -0.39 is 208 Å². The van der Waals surface area contributed by atoms with Crippen LogP contribution in [-0.4, -0.2) is 293 Å². The van der Waals surface area contributed by atoms with Crippen molar-refractivity contribution in [3.63, 3.8) is 0 Å². The number of nitrogens with two attached hydrogens (primary N) is 1. The van der Waals surface area contributed by atoms with Gasteiger partial charge in [0, 0.05) is 55.0 Å². The van der Waals surface area contributed by atoms with Crippen molar-refractivity contribution in [3.8, 4) is 74.7 Å². The van der Waals surface area contributed by atoms with Crippen LogP contribution in [-0.2, 0) is 38.1 Å². The number of esters is 4. The second kappa shape index (κ2) is 54.1. The molecule has 600 valence electrons. The quantitative estimate of drug-likeness (QED) is 0.00912. The van der Waals surface area contributed by atoms with E-state index in [2.05, 4.69) is 17.0 Å². The third-order valence-electron chi connectivity index (χ3n) is 14.9. The summed E-state index contributed by atoms with van der Waals surface area (Å²) < 4.78 is 61.4. The summed E-state index contributed by atoms with van der Waals surface area (Å²) in [4.78, 5) is 50.5. The van der Waals surface area contributed by atoms with Crippen LogP contribution in [0, 0.1) is 12.1 Å². The Hall–Kier alpha value is -2.97. The molecule has 4 saturated heterocycles. The molecule has 0 amide bonds. The third kappa shape index (κ3) is 31.1. The molecule has 43 nitrogen and oxygen atoms in total. The fourth-order valence-corrected chi connectivity index (χ4v) is 9.43. The zero-order chi connectivity index (χ0) is 77.4. The maximum absolute atomic E-state index is 12.0. The number of aliphatic hydroxyl groups excluding tert-OH is 17. The maximum Gasteiger partial charge on any atom is 1.00 e. The van der Waals surface area contributed by atoms with Crippen LogP contribution in [0.5, 0.6) is 74.7 Å². The van der Waals surface area contributed by atoms with Gasteiger partial charge in [-0.1, -0.05) is 20.8 Å². The van der Waals surface area contributed by atoms with Crippen molar-refractivity contribution in [3.05, 3.63) is 60.7 Å². The number of benzene rings is 4. The normalized spacial score (nSPS) is 27.0. The van der Waals surface area contributed by atoms with Crippen LogP contribution in [0.4, 0.5) is 5.69 Å². The summed E-state index contributed by atoms with van der Waals surface area (Å²) in [7, 11) is 0. The van der Waals surface area contributed by atoms with Crippen molar-refractivity contribution in [1.29, 1.82) is 0 Å². The van der Waals surface area contributed by atoms with Gasteiger partial charge in [-0.3, -0.25) is 29.9 Å². The number of carbonyl (C=O) groups excluding carboxylic acids is 4. The smallest absolute Gasteiger partial charge is 0.926 e. The molecule has 4 aromatic carbocycles. The van der Waals surface area contributed by atoms with Crippen LogP contribution >= 0.6 is 0 Å². The van der Waals surface area contributed by atoms with Gasteiger partial charge in [0.2, 0.25) is 30.9 Å². The minimum absolute atomic E-state index is 0. The van der Waals surface area contributed by atoms with Crippen molar-refractivity contribution in [2.24, 2.45) is 5.90 Å². The Morgan fingerprint density at radius 1 is 0.436 bits per heavy atom. The molecule has 20 atom stereocenters. The molecule has 0 radical (unpaired) electrons. The number of nitrogens with one attached hydrogen (secondary N) is 1. The number of phenols is 2. The average Bonchev–Trinajstić information content (AvgIpc) is 0.799. The maximum atomic E-state index is 12.0. The summed E-state index contributed by atoms with van der Waals surface area (Å²) in [6.45, 7) is 2.41. The van der Waals surface area contributed by atoms with Crippen LogP contribution < -0.4 is 226 Å². The van der Waals surface area contributed by atoms with E-state index in [-0.39, 0.29) is 250 Å². The molecule has 4 aromatic rings. The van der Waals surface area contributed by atoms with E-state index in [1.165, 1.54) is 24.3 Å². The minimum atomic E-state index is -1.74. The van der Waals surface area contributed by atoms with Crippen molar-refractivity contribution in [1.82, 2.24) is 0 Å². The van der Waals surface area contributed by atoms with Crippen LogP contribution in [0.25, 0.3) is 0 Å². The van der Waals surface area contributed by atoms with Gasteiger partial charge in [-0.2, -0.15) is 17.4 Å². The molecule has 0 aromatic heterocycles.